The van der Waals surface area contributed by atoms with Crippen molar-refractivity contribution in [3.8, 4) is 22.6 Å². The molecule has 126 valence electrons. The van der Waals surface area contributed by atoms with Crippen LogP contribution in [0.1, 0.15) is 16.1 Å². The summed E-state index contributed by atoms with van der Waals surface area (Å²) < 4.78 is 5.08. The van der Waals surface area contributed by atoms with Gasteiger partial charge in [-0.05, 0) is 36.2 Å². The number of amides is 1. The molecule has 0 atom stereocenters. The number of aromatic hydroxyl groups is 1. The average molecular weight is 334 g/mol. The summed E-state index contributed by atoms with van der Waals surface area (Å²) in [6.45, 7) is 1.80. The highest BCUT2D eigenvalue weighted by Gasteiger charge is 2.17. The molecule has 25 heavy (non-hydrogen) atoms. The first-order valence-electron chi connectivity index (χ1n) is 7.79. The Labute approximate surface area is 145 Å². The molecule has 0 aliphatic heterocycles. The van der Waals surface area contributed by atoms with Crippen LogP contribution in [0, 0.1) is 6.92 Å². The average Bonchev–Trinajstić information content (AvgIpc) is 2.63. The Morgan fingerprint density at radius 3 is 2.60 bits per heavy atom. The fraction of sp³-hybridized carbons (Fsp3) is 0.100. The molecular formula is C20H18N2O3. The van der Waals surface area contributed by atoms with Gasteiger partial charge >= 0.3 is 0 Å². The third-order valence-electron chi connectivity index (χ3n) is 3.89. The molecule has 3 rings (SSSR count). The van der Waals surface area contributed by atoms with E-state index in [0.717, 1.165) is 11.1 Å². The number of methoxy groups -OCH3 is 1. The van der Waals surface area contributed by atoms with Gasteiger partial charge < -0.3 is 15.2 Å². The molecule has 3 aromatic rings. The molecule has 0 aliphatic rings. The molecule has 0 saturated carbocycles. The number of carbonyl (C=O) groups is 1. The number of carbonyl (C=O) groups excluding carboxylic acids is 1. The van der Waals surface area contributed by atoms with Crippen LogP contribution < -0.4 is 10.1 Å². The van der Waals surface area contributed by atoms with E-state index in [0.29, 0.717) is 22.7 Å². The number of rotatable bonds is 4. The lowest BCUT2D eigenvalue weighted by Gasteiger charge is -2.13. The van der Waals surface area contributed by atoms with Crippen molar-refractivity contribution in [1.29, 1.82) is 0 Å². The van der Waals surface area contributed by atoms with E-state index >= 15 is 0 Å². The second-order valence-electron chi connectivity index (χ2n) is 5.53. The van der Waals surface area contributed by atoms with E-state index in [2.05, 4.69) is 10.3 Å². The van der Waals surface area contributed by atoms with Gasteiger partial charge in [0.1, 0.15) is 0 Å². The van der Waals surface area contributed by atoms with Gasteiger partial charge in [-0.15, -0.1) is 0 Å². The van der Waals surface area contributed by atoms with Crippen molar-refractivity contribution in [3.05, 3.63) is 72.1 Å². The van der Waals surface area contributed by atoms with Crippen molar-refractivity contribution < 1.29 is 14.6 Å². The van der Waals surface area contributed by atoms with E-state index in [9.17, 15) is 9.90 Å². The number of benzene rings is 2. The van der Waals surface area contributed by atoms with Gasteiger partial charge in [0.2, 0.25) is 0 Å². The Balaban J connectivity index is 1.98. The van der Waals surface area contributed by atoms with Gasteiger partial charge in [-0.25, -0.2) is 0 Å². The number of aryl methyl sites for hydroxylation is 1. The number of anilines is 1. The first-order chi connectivity index (χ1) is 12.1. The molecule has 1 aromatic heterocycles. The maximum atomic E-state index is 12.9. The van der Waals surface area contributed by atoms with Crippen LogP contribution in [-0.2, 0) is 0 Å². The summed E-state index contributed by atoms with van der Waals surface area (Å²) >= 11 is 0. The molecule has 0 aliphatic carbocycles. The molecule has 2 N–H and O–H groups in total. The lowest BCUT2D eigenvalue weighted by atomic mass is 9.99. The van der Waals surface area contributed by atoms with Crippen LogP contribution in [0.2, 0.25) is 0 Å². The number of phenols is 1. The number of ether oxygens (including phenoxy) is 1. The first-order valence-corrected chi connectivity index (χ1v) is 7.79. The predicted molar refractivity (Wildman–Crippen MR) is 97.0 cm³/mol. The highest BCUT2D eigenvalue weighted by Crippen LogP contribution is 2.30. The SMILES string of the molecule is COc1cc(NC(=O)c2c(-c3ccccc3)ccnc2C)ccc1O. The van der Waals surface area contributed by atoms with Crippen LogP contribution in [-0.4, -0.2) is 23.1 Å². The number of pyridine rings is 1. The van der Waals surface area contributed by atoms with E-state index in [4.69, 9.17) is 4.74 Å². The summed E-state index contributed by atoms with van der Waals surface area (Å²) in [5, 5.41) is 12.5. The fourth-order valence-electron chi connectivity index (χ4n) is 2.66. The molecular weight excluding hydrogens is 316 g/mol. The van der Waals surface area contributed by atoms with Gasteiger partial charge in [0.15, 0.2) is 11.5 Å². The summed E-state index contributed by atoms with van der Waals surface area (Å²) in [6.07, 6.45) is 1.69. The van der Waals surface area contributed by atoms with Crippen LogP contribution in [0.3, 0.4) is 0 Å². The molecule has 0 unspecified atom stereocenters. The van der Waals surface area contributed by atoms with Crippen LogP contribution >= 0.6 is 0 Å². The third kappa shape index (κ3) is 3.45. The lowest BCUT2D eigenvalue weighted by molar-refractivity contribution is 0.102. The van der Waals surface area contributed by atoms with Crippen molar-refractivity contribution in [3.63, 3.8) is 0 Å². The van der Waals surface area contributed by atoms with Gasteiger partial charge in [0.25, 0.3) is 5.91 Å². The molecule has 5 heteroatoms. The number of phenolic OH excluding ortho intramolecular Hbond substituents is 1. The van der Waals surface area contributed by atoms with E-state index < -0.39 is 0 Å². The minimum atomic E-state index is -0.266. The maximum Gasteiger partial charge on any atom is 0.258 e. The smallest absolute Gasteiger partial charge is 0.258 e. The Morgan fingerprint density at radius 1 is 1.12 bits per heavy atom. The van der Waals surface area contributed by atoms with Crippen molar-refractivity contribution in [1.82, 2.24) is 4.98 Å². The minimum absolute atomic E-state index is 0.0167. The fourth-order valence-corrected chi connectivity index (χ4v) is 2.66. The van der Waals surface area contributed by atoms with Crippen LogP contribution in [0.25, 0.3) is 11.1 Å². The second-order valence-corrected chi connectivity index (χ2v) is 5.53. The topological polar surface area (TPSA) is 71.5 Å². The molecule has 0 saturated heterocycles. The molecule has 1 amide bonds. The molecule has 1 heterocycles. The van der Waals surface area contributed by atoms with Gasteiger partial charge in [-0.1, -0.05) is 30.3 Å². The van der Waals surface area contributed by atoms with Gasteiger partial charge in [-0.2, -0.15) is 0 Å². The Kier molecular flexibility index (Phi) is 4.66. The Bertz CT molecular complexity index is 908. The van der Waals surface area contributed by atoms with Gasteiger partial charge in [0.05, 0.1) is 18.4 Å². The normalized spacial score (nSPS) is 10.3. The van der Waals surface area contributed by atoms with Crippen LogP contribution in [0.4, 0.5) is 5.69 Å². The van der Waals surface area contributed by atoms with E-state index in [-0.39, 0.29) is 11.7 Å². The number of hydrogen-bond acceptors (Lipinski definition) is 4. The number of nitrogens with one attached hydrogen (secondary N) is 1. The number of hydrogen-bond donors (Lipinski definition) is 2. The zero-order chi connectivity index (χ0) is 17.8. The summed E-state index contributed by atoms with van der Waals surface area (Å²) in [6, 6.07) is 16.2. The van der Waals surface area contributed by atoms with Crippen molar-refractivity contribution >= 4 is 11.6 Å². The predicted octanol–water partition coefficient (Wildman–Crippen LogP) is 4.02. The first kappa shape index (κ1) is 16.5. The van der Waals surface area contributed by atoms with Crippen LogP contribution in [0.5, 0.6) is 11.5 Å². The lowest BCUT2D eigenvalue weighted by Crippen LogP contribution is -2.15. The second kappa shape index (κ2) is 7.05. The van der Waals surface area contributed by atoms with Crippen molar-refractivity contribution in [2.75, 3.05) is 12.4 Å². The molecule has 5 nitrogen and oxygen atoms in total. The zero-order valence-electron chi connectivity index (χ0n) is 14.0. The molecule has 0 spiro atoms. The molecule has 0 bridgehead atoms. The van der Waals surface area contributed by atoms with Crippen molar-refractivity contribution in [2.24, 2.45) is 0 Å². The van der Waals surface area contributed by atoms with E-state index in [1.807, 2.05) is 36.4 Å². The summed E-state index contributed by atoms with van der Waals surface area (Å²) in [4.78, 5) is 17.1. The van der Waals surface area contributed by atoms with Crippen LogP contribution in [0.15, 0.2) is 60.8 Å². The monoisotopic (exact) mass is 334 g/mol. The summed E-state index contributed by atoms with van der Waals surface area (Å²) in [7, 11) is 1.46. The highest BCUT2D eigenvalue weighted by molar-refractivity contribution is 6.09. The molecule has 0 radical (unpaired) electrons. The summed E-state index contributed by atoms with van der Waals surface area (Å²) in [5.41, 5.74) is 3.45. The maximum absolute atomic E-state index is 12.9. The molecule has 0 fully saturated rings. The van der Waals surface area contributed by atoms with Gasteiger partial charge in [-0.3, -0.25) is 9.78 Å². The standard InChI is InChI=1S/C20H18N2O3/c1-13-19(16(10-11-21-13)14-6-4-3-5-7-14)20(24)22-15-8-9-17(23)18(12-15)25-2/h3-12,23H,1-2H3,(H,22,24). The van der Waals surface area contributed by atoms with Crippen molar-refractivity contribution in [2.45, 2.75) is 6.92 Å². The van der Waals surface area contributed by atoms with E-state index in [1.165, 1.54) is 13.2 Å². The highest BCUT2D eigenvalue weighted by atomic mass is 16.5. The minimum Gasteiger partial charge on any atom is -0.504 e. The zero-order valence-corrected chi connectivity index (χ0v) is 14.0. The number of nitrogens with zero attached hydrogens (tertiary/aromatic N) is 1. The molecule has 2 aromatic carbocycles. The summed E-state index contributed by atoms with van der Waals surface area (Å²) in [5.74, 6) is 0.0456. The largest absolute Gasteiger partial charge is 0.504 e. The van der Waals surface area contributed by atoms with E-state index in [1.54, 1.807) is 25.3 Å². The number of aromatic nitrogens is 1. The third-order valence-corrected chi connectivity index (χ3v) is 3.89. The van der Waals surface area contributed by atoms with Gasteiger partial charge in [0, 0.05) is 18.0 Å². The Morgan fingerprint density at radius 2 is 1.88 bits per heavy atom. The quantitative estimate of drug-likeness (QED) is 0.707. The Hall–Kier alpha value is -3.34.